The second-order valence-electron chi connectivity index (χ2n) is 4.03. The molecule has 0 bridgehead atoms. The number of nitrogens with two attached hydrogens (primary N) is 1. The normalized spacial score (nSPS) is 12.7. The summed E-state index contributed by atoms with van der Waals surface area (Å²) in [5.74, 6) is 0. The lowest BCUT2D eigenvalue weighted by Crippen LogP contribution is -2.33. The summed E-state index contributed by atoms with van der Waals surface area (Å²) in [6.45, 7) is 3.92. The fourth-order valence-electron chi connectivity index (χ4n) is 1.53. The van der Waals surface area contributed by atoms with Gasteiger partial charge in [0.2, 0.25) is 0 Å². The van der Waals surface area contributed by atoms with Crippen LogP contribution in [0, 0.1) is 0 Å². The zero-order valence-corrected chi connectivity index (χ0v) is 9.58. The van der Waals surface area contributed by atoms with Gasteiger partial charge in [-0.2, -0.15) is 0 Å². The molecule has 0 radical (unpaired) electrons. The van der Waals surface area contributed by atoms with E-state index in [9.17, 15) is 0 Å². The van der Waals surface area contributed by atoms with Gasteiger partial charge in [-0.3, -0.25) is 0 Å². The zero-order chi connectivity index (χ0) is 10.9. The SMILES string of the molecule is CC(CN)NCCCCc1ccccc1. The summed E-state index contributed by atoms with van der Waals surface area (Å²) >= 11 is 0. The Bertz CT molecular complexity index is 246. The third kappa shape index (κ3) is 5.55. The summed E-state index contributed by atoms with van der Waals surface area (Å²) in [5, 5.41) is 3.39. The van der Waals surface area contributed by atoms with Crippen molar-refractivity contribution in [2.45, 2.75) is 32.2 Å². The summed E-state index contributed by atoms with van der Waals surface area (Å²) in [5.41, 5.74) is 6.95. The van der Waals surface area contributed by atoms with Crippen LogP contribution in [0.1, 0.15) is 25.3 Å². The highest BCUT2D eigenvalue weighted by atomic mass is 14.9. The molecule has 0 amide bonds. The van der Waals surface area contributed by atoms with Crippen molar-refractivity contribution in [1.29, 1.82) is 0 Å². The molecule has 0 spiro atoms. The van der Waals surface area contributed by atoms with E-state index >= 15 is 0 Å². The molecule has 1 aromatic carbocycles. The molecule has 0 saturated carbocycles. The van der Waals surface area contributed by atoms with Gasteiger partial charge in [0, 0.05) is 12.6 Å². The van der Waals surface area contributed by atoms with Crippen LogP contribution in [0.25, 0.3) is 0 Å². The van der Waals surface area contributed by atoms with Crippen molar-refractivity contribution in [1.82, 2.24) is 5.32 Å². The van der Waals surface area contributed by atoms with Crippen molar-refractivity contribution in [2.24, 2.45) is 5.73 Å². The second kappa shape index (κ2) is 7.43. The Labute approximate surface area is 92.9 Å². The van der Waals surface area contributed by atoms with Crippen LogP contribution in [0.2, 0.25) is 0 Å². The fraction of sp³-hybridized carbons (Fsp3) is 0.538. The molecule has 0 heterocycles. The fourth-order valence-corrected chi connectivity index (χ4v) is 1.53. The standard InChI is InChI=1S/C13H22N2/c1-12(11-14)15-10-6-5-9-13-7-3-2-4-8-13/h2-4,7-8,12,15H,5-6,9-11,14H2,1H3. The number of nitrogens with one attached hydrogen (secondary N) is 1. The number of hydrogen-bond donors (Lipinski definition) is 2. The van der Waals surface area contributed by atoms with Crippen LogP contribution in [0.4, 0.5) is 0 Å². The first kappa shape index (κ1) is 12.2. The molecule has 0 aliphatic rings. The van der Waals surface area contributed by atoms with Crippen LogP contribution in [0.5, 0.6) is 0 Å². The molecule has 3 N–H and O–H groups in total. The molecule has 2 heteroatoms. The predicted octanol–water partition coefficient (Wildman–Crippen LogP) is 1.95. The number of hydrogen-bond acceptors (Lipinski definition) is 2. The monoisotopic (exact) mass is 206 g/mol. The Hall–Kier alpha value is -0.860. The van der Waals surface area contributed by atoms with Crippen molar-refractivity contribution >= 4 is 0 Å². The van der Waals surface area contributed by atoms with Crippen molar-refractivity contribution in [3.8, 4) is 0 Å². The second-order valence-corrected chi connectivity index (χ2v) is 4.03. The molecule has 0 aliphatic carbocycles. The number of rotatable bonds is 7. The summed E-state index contributed by atoms with van der Waals surface area (Å²) < 4.78 is 0. The van der Waals surface area contributed by atoms with Crippen LogP contribution in [0.3, 0.4) is 0 Å². The summed E-state index contributed by atoms with van der Waals surface area (Å²) in [6, 6.07) is 11.1. The van der Waals surface area contributed by atoms with Crippen LogP contribution in [-0.4, -0.2) is 19.1 Å². The van der Waals surface area contributed by atoms with Crippen LogP contribution in [0.15, 0.2) is 30.3 Å². The van der Waals surface area contributed by atoms with E-state index in [1.165, 1.54) is 24.8 Å². The Morgan fingerprint density at radius 1 is 1.20 bits per heavy atom. The third-order valence-electron chi connectivity index (χ3n) is 2.58. The predicted molar refractivity (Wildman–Crippen MR) is 65.9 cm³/mol. The lowest BCUT2D eigenvalue weighted by Gasteiger charge is -2.10. The first-order valence-corrected chi connectivity index (χ1v) is 5.80. The molecule has 1 rings (SSSR count). The van der Waals surface area contributed by atoms with Gasteiger partial charge in [0.05, 0.1) is 0 Å². The van der Waals surface area contributed by atoms with E-state index in [0.29, 0.717) is 6.04 Å². The van der Waals surface area contributed by atoms with Crippen LogP contribution in [-0.2, 0) is 6.42 Å². The Morgan fingerprint density at radius 3 is 2.60 bits per heavy atom. The minimum absolute atomic E-state index is 0.446. The van der Waals surface area contributed by atoms with Crippen molar-refractivity contribution in [3.05, 3.63) is 35.9 Å². The van der Waals surface area contributed by atoms with E-state index < -0.39 is 0 Å². The minimum atomic E-state index is 0.446. The van der Waals surface area contributed by atoms with E-state index in [0.717, 1.165) is 13.1 Å². The highest BCUT2D eigenvalue weighted by molar-refractivity contribution is 5.14. The van der Waals surface area contributed by atoms with E-state index in [4.69, 9.17) is 5.73 Å². The van der Waals surface area contributed by atoms with Gasteiger partial charge < -0.3 is 11.1 Å². The Balaban J connectivity index is 2.03. The molecular formula is C13H22N2. The van der Waals surface area contributed by atoms with Crippen molar-refractivity contribution in [3.63, 3.8) is 0 Å². The minimum Gasteiger partial charge on any atom is -0.329 e. The zero-order valence-electron chi connectivity index (χ0n) is 9.58. The van der Waals surface area contributed by atoms with E-state index in [2.05, 4.69) is 42.6 Å². The van der Waals surface area contributed by atoms with Gasteiger partial charge in [0.1, 0.15) is 0 Å². The largest absolute Gasteiger partial charge is 0.329 e. The van der Waals surface area contributed by atoms with Crippen molar-refractivity contribution < 1.29 is 0 Å². The lowest BCUT2D eigenvalue weighted by molar-refractivity contribution is 0.534. The van der Waals surface area contributed by atoms with Crippen molar-refractivity contribution in [2.75, 3.05) is 13.1 Å². The van der Waals surface area contributed by atoms with Gasteiger partial charge >= 0.3 is 0 Å². The molecule has 84 valence electrons. The van der Waals surface area contributed by atoms with Gasteiger partial charge in [-0.25, -0.2) is 0 Å². The third-order valence-corrected chi connectivity index (χ3v) is 2.58. The maximum atomic E-state index is 5.52. The highest BCUT2D eigenvalue weighted by Gasteiger charge is 1.96. The van der Waals surface area contributed by atoms with E-state index in [1.54, 1.807) is 0 Å². The molecule has 0 saturated heterocycles. The van der Waals surface area contributed by atoms with Crippen LogP contribution < -0.4 is 11.1 Å². The molecule has 15 heavy (non-hydrogen) atoms. The molecule has 1 unspecified atom stereocenters. The highest BCUT2D eigenvalue weighted by Crippen LogP contribution is 2.03. The van der Waals surface area contributed by atoms with Gasteiger partial charge in [-0.05, 0) is 38.3 Å². The molecule has 1 aromatic rings. The van der Waals surface area contributed by atoms with Crippen LogP contribution >= 0.6 is 0 Å². The van der Waals surface area contributed by atoms with Gasteiger partial charge in [0.15, 0.2) is 0 Å². The Morgan fingerprint density at radius 2 is 1.93 bits per heavy atom. The van der Waals surface area contributed by atoms with Gasteiger partial charge in [-0.15, -0.1) is 0 Å². The quantitative estimate of drug-likeness (QED) is 0.669. The molecule has 1 atom stereocenters. The van der Waals surface area contributed by atoms with E-state index in [1.807, 2.05) is 0 Å². The maximum Gasteiger partial charge on any atom is 0.0161 e. The topological polar surface area (TPSA) is 38.0 Å². The number of unbranched alkanes of at least 4 members (excludes halogenated alkanes) is 1. The maximum absolute atomic E-state index is 5.52. The molecule has 0 aromatic heterocycles. The molecular weight excluding hydrogens is 184 g/mol. The lowest BCUT2D eigenvalue weighted by atomic mass is 10.1. The summed E-state index contributed by atoms with van der Waals surface area (Å²) in [6.07, 6.45) is 3.65. The summed E-state index contributed by atoms with van der Waals surface area (Å²) in [4.78, 5) is 0. The first-order valence-electron chi connectivity index (χ1n) is 5.80. The Kier molecular flexibility index (Phi) is 6.05. The molecule has 0 fully saturated rings. The van der Waals surface area contributed by atoms with Gasteiger partial charge in [0.25, 0.3) is 0 Å². The van der Waals surface area contributed by atoms with Gasteiger partial charge in [-0.1, -0.05) is 30.3 Å². The molecule has 2 nitrogen and oxygen atoms in total. The average Bonchev–Trinajstić information content (AvgIpc) is 2.29. The average molecular weight is 206 g/mol. The smallest absolute Gasteiger partial charge is 0.0161 e. The number of benzene rings is 1. The summed E-state index contributed by atoms with van der Waals surface area (Å²) in [7, 11) is 0. The molecule has 0 aliphatic heterocycles. The van der Waals surface area contributed by atoms with E-state index in [-0.39, 0.29) is 0 Å². The number of aryl methyl sites for hydroxylation is 1. The first-order chi connectivity index (χ1) is 7.33.